The molecule has 0 saturated carbocycles. The Labute approximate surface area is 142 Å². The van der Waals surface area contributed by atoms with Gasteiger partial charge in [-0.1, -0.05) is 36.0 Å². The first kappa shape index (κ1) is 16.4. The average Bonchev–Trinajstić information content (AvgIpc) is 2.54. The Hall–Kier alpha value is -2.47. The molecule has 1 heterocycles. The molecule has 0 unspecified atom stereocenters. The number of hydrogen-bond acceptors (Lipinski definition) is 4. The van der Waals surface area contributed by atoms with Gasteiger partial charge in [-0.3, -0.25) is 0 Å². The van der Waals surface area contributed by atoms with E-state index in [0.717, 1.165) is 11.8 Å². The van der Waals surface area contributed by atoms with Crippen LogP contribution in [0.4, 0.5) is 8.78 Å². The smallest absolute Gasteiger partial charge is 0.223 e. The molecule has 122 valence electrons. The van der Waals surface area contributed by atoms with Gasteiger partial charge in [0.1, 0.15) is 17.4 Å². The zero-order valence-electron chi connectivity index (χ0n) is 12.9. The quantitative estimate of drug-likeness (QED) is 0.474. The van der Waals surface area contributed by atoms with Crippen molar-refractivity contribution in [3.63, 3.8) is 0 Å². The highest BCUT2D eigenvalue weighted by Gasteiger charge is 2.08. The fraction of sp³-hybridized carbons (Fsp3) is 0.111. The zero-order valence-corrected chi connectivity index (χ0v) is 13.7. The summed E-state index contributed by atoms with van der Waals surface area (Å²) in [5.74, 6) is 0.245. The van der Waals surface area contributed by atoms with E-state index in [2.05, 4.69) is 9.97 Å². The Kier molecular flexibility index (Phi) is 5.05. The van der Waals surface area contributed by atoms with Crippen LogP contribution in [0.15, 0.2) is 59.8 Å². The summed E-state index contributed by atoms with van der Waals surface area (Å²) in [4.78, 5) is 8.64. The number of aromatic nitrogens is 2. The van der Waals surface area contributed by atoms with E-state index in [1.165, 1.54) is 23.9 Å². The Bertz CT molecular complexity index is 844. The lowest BCUT2D eigenvalue weighted by Gasteiger charge is -2.08. The number of thioether (sulfide) groups is 1. The minimum Gasteiger partial charge on any atom is -0.439 e. The van der Waals surface area contributed by atoms with E-state index in [1.54, 1.807) is 6.07 Å². The predicted molar refractivity (Wildman–Crippen MR) is 89.2 cm³/mol. The Morgan fingerprint density at radius 1 is 1.00 bits per heavy atom. The van der Waals surface area contributed by atoms with Crippen LogP contribution in [-0.4, -0.2) is 9.97 Å². The van der Waals surface area contributed by atoms with Crippen LogP contribution in [0.3, 0.4) is 0 Å². The summed E-state index contributed by atoms with van der Waals surface area (Å²) in [6.07, 6.45) is 0. The van der Waals surface area contributed by atoms with Crippen LogP contribution < -0.4 is 4.74 Å². The zero-order chi connectivity index (χ0) is 16.9. The highest BCUT2D eigenvalue weighted by atomic mass is 32.2. The van der Waals surface area contributed by atoms with Crippen molar-refractivity contribution >= 4 is 11.8 Å². The number of halogens is 2. The maximum Gasteiger partial charge on any atom is 0.223 e. The second kappa shape index (κ2) is 7.40. The molecule has 0 saturated heterocycles. The van der Waals surface area contributed by atoms with Gasteiger partial charge in [-0.15, -0.1) is 0 Å². The van der Waals surface area contributed by atoms with Crippen molar-refractivity contribution in [3.05, 3.63) is 77.5 Å². The fourth-order valence-corrected chi connectivity index (χ4v) is 2.90. The Morgan fingerprint density at radius 3 is 2.54 bits per heavy atom. The van der Waals surface area contributed by atoms with Gasteiger partial charge in [-0.25, -0.2) is 13.8 Å². The molecular formula is C18H14F2N2OS. The minimum absolute atomic E-state index is 0.306. The summed E-state index contributed by atoms with van der Waals surface area (Å²) >= 11 is 1.27. The Balaban J connectivity index is 1.74. The molecule has 3 nitrogen and oxygen atoms in total. The van der Waals surface area contributed by atoms with Crippen LogP contribution in [-0.2, 0) is 5.75 Å². The number of rotatable bonds is 5. The average molecular weight is 344 g/mol. The summed E-state index contributed by atoms with van der Waals surface area (Å²) in [7, 11) is 0. The van der Waals surface area contributed by atoms with Gasteiger partial charge in [0.2, 0.25) is 5.88 Å². The summed E-state index contributed by atoms with van der Waals surface area (Å²) in [6.45, 7) is 1.84. The molecule has 24 heavy (non-hydrogen) atoms. The van der Waals surface area contributed by atoms with Crippen LogP contribution in [0.2, 0.25) is 0 Å². The van der Waals surface area contributed by atoms with E-state index in [-0.39, 0.29) is 0 Å². The van der Waals surface area contributed by atoms with Crippen molar-refractivity contribution in [2.45, 2.75) is 17.8 Å². The maximum absolute atomic E-state index is 13.7. The number of benzene rings is 2. The number of hydrogen-bond donors (Lipinski definition) is 0. The van der Waals surface area contributed by atoms with Gasteiger partial charge in [-0.05, 0) is 30.7 Å². The van der Waals surface area contributed by atoms with Crippen molar-refractivity contribution in [1.82, 2.24) is 9.97 Å². The second-order valence-corrected chi connectivity index (χ2v) is 6.01. The molecule has 0 aliphatic carbocycles. The number of nitrogens with zero attached hydrogens (tertiary/aromatic N) is 2. The van der Waals surface area contributed by atoms with Crippen LogP contribution in [0.25, 0.3) is 0 Å². The van der Waals surface area contributed by atoms with Crippen molar-refractivity contribution in [2.24, 2.45) is 0 Å². The van der Waals surface area contributed by atoms with Crippen LogP contribution in [0, 0.1) is 18.6 Å². The molecule has 0 atom stereocenters. The molecule has 0 aliphatic heterocycles. The van der Waals surface area contributed by atoms with E-state index in [1.807, 2.05) is 37.3 Å². The van der Waals surface area contributed by atoms with Crippen molar-refractivity contribution < 1.29 is 13.5 Å². The van der Waals surface area contributed by atoms with Crippen molar-refractivity contribution in [2.75, 3.05) is 0 Å². The molecule has 0 spiro atoms. The normalized spacial score (nSPS) is 10.6. The lowest BCUT2D eigenvalue weighted by Crippen LogP contribution is -1.96. The molecule has 2 aromatic carbocycles. The van der Waals surface area contributed by atoms with E-state index >= 15 is 0 Å². The van der Waals surface area contributed by atoms with Crippen LogP contribution in [0.1, 0.15) is 11.3 Å². The van der Waals surface area contributed by atoms with E-state index in [4.69, 9.17) is 4.74 Å². The molecule has 0 bridgehead atoms. The van der Waals surface area contributed by atoms with Crippen LogP contribution >= 0.6 is 11.8 Å². The van der Waals surface area contributed by atoms with Crippen molar-refractivity contribution in [1.29, 1.82) is 0 Å². The first-order chi connectivity index (χ1) is 11.6. The van der Waals surface area contributed by atoms with Gasteiger partial charge in [0.25, 0.3) is 0 Å². The molecule has 0 amide bonds. The van der Waals surface area contributed by atoms with Gasteiger partial charge < -0.3 is 4.74 Å². The van der Waals surface area contributed by atoms with Gasteiger partial charge in [0.05, 0.1) is 0 Å². The van der Waals surface area contributed by atoms with Gasteiger partial charge in [-0.2, -0.15) is 4.98 Å². The number of aryl methyl sites for hydroxylation is 1. The third-order valence-electron chi connectivity index (χ3n) is 3.15. The van der Waals surface area contributed by atoms with Crippen LogP contribution in [0.5, 0.6) is 11.6 Å². The fourth-order valence-electron chi connectivity index (χ4n) is 2.02. The topological polar surface area (TPSA) is 35.0 Å². The predicted octanol–water partition coefficient (Wildman–Crippen LogP) is 5.15. The number of para-hydroxylation sites is 1. The van der Waals surface area contributed by atoms with Gasteiger partial charge in [0, 0.05) is 23.6 Å². The Morgan fingerprint density at radius 2 is 1.79 bits per heavy atom. The maximum atomic E-state index is 13.7. The number of ether oxygens (including phenoxy) is 1. The molecule has 6 heteroatoms. The first-order valence-corrected chi connectivity index (χ1v) is 8.24. The first-order valence-electron chi connectivity index (χ1n) is 7.25. The summed E-state index contributed by atoms with van der Waals surface area (Å²) in [6, 6.07) is 14.6. The SMILES string of the molecule is Cc1cc(Oc2ccccc2)nc(SCc2ccc(F)cc2F)n1. The molecule has 0 aliphatic rings. The standard InChI is InChI=1S/C18H14F2N2OS/c1-12-9-17(23-15-5-3-2-4-6-15)22-18(21-12)24-11-13-7-8-14(19)10-16(13)20/h2-10H,11H2,1H3. The van der Waals surface area contributed by atoms with E-state index in [0.29, 0.717) is 28.1 Å². The lowest BCUT2D eigenvalue weighted by atomic mass is 10.2. The van der Waals surface area contributed by atoms with E-state index in [9.17, 15) is 8.78 Å². The lowest BCUT2D eigenvalue weighted by molar-refractivity contribution is 0.454. The second-order valence-electron chi connectivity index (χ2n) is 5.07. The third-order valence-corrected chi connectivity index (χ3v) is 4.04. The summed E-state index contributed by atoms with van der Waals surface area (Å²) < 4.78 is 32.3. The summed E-state index contributed by atoms with van der Waals surface area (Å²) in [5.41, 5.74) is 1.15. The van der Waals surface area contributed by atoms with E-state index < -0.39 is 11.6 Å². The molecule has 0 N–H and O–H groups in total. The highest BCUT2D eigenvalue weighted by molar-refractivity contribution is 7.98. The minimum atomic E-state index is -0.591. The van der Waals surface area contributed by atoms with Gasteiger partial charge in [0.15, 0.2) is 5.16 Å². The largest absolute Gasteiger partial charge is 0.439 e. The summed E-state index contributed by atoms with van der Waals surface area (Å²) in [5, 5.41) is 0.477. The highest BCUT2D eigenvalue weighted by Crippen LogP contribution is 2.25. The van der Waals surface area contributed by atoms with Crippen molar-refractivity contribution in [3.8, 4) is 11.6 Å². The third kappa shape index (κ3) is 4.29. The molecule has 0 fully saturated rings. The molecular weight excluding hydrogens is 330 g/mol. The molecule has 3 rings (SSSR count). The molecule has 0 radical (unpaired) electrons. The van der Waals surface area contributed by atoms with Gasteiger partial charge >= 0.3 is 0 Å². The molecule has 1 aromatic heterocycles. The molecule has 3 aromatic rings. The monoisotopic (exact) mass is 344 g/mol.